The minimum Gasteiger partial charge on any atom is -0.309 e. The molecular weight excluding hydrogens is 763 g/mol. The molecule has 0 aliphatic carbocycles. The molecule has 1 aliphatic heterocycles. The normalized spacial score (nSPS) is 12.2. The fraction of sp³-hybridized carbons (Fsp3) is 0. The number of rotatable bonds is 5. The third kappa shape index (κ3) is 5.26. The van der Waals surface area contributed by atoms with Crippen LogP contribution in [-0.4, -0.2) is 24.1 Å². The van der Waals surface area contributed by atoms with Crippen molar-refractivity contribution in [1.82, 2.24) is 24.1 Å². The largest absolute Gasteiger partial charge is 0.309 e. The van der Waals surface area contributed by atoms with Gasteiger partial charge in [-0.25, -0.2) is 4.98 Å². The van der Waals surface area contributed by atoms with Gasteiger partial charge in [0.1, 0.15) is 0 Å². The molecule has 0 spiro atoms. The van der Waals surface area contributed by atoms with Gasteiger partial charge < -0.3 is 4.57 Å². The first kappa shape index (κ1) is 34.1. The number of benzene rings is 9. The summed E-state index contributed by atoms with van der Waals surface area (Å²) < 4.78 is 4.65. The monoisotopic (exact) mass is 795 g/mol. The Labute approximate surface area is 355 Å². The van der Waals surface area contributed by atoms with Crippen LogP contribution < -0.4 is 0 Å². The number of aromatic nitrogens is 5. The molecule has 13 rings (SSSR count). The summed E-state index contributed by atoms with van der Waals surface area (Å²) in [7, 11) is 0. The zero-order valence-electron chi connectivity index (χ0n) is 32.7. The van der Waals surface area contributed by atoms with E-state index in [0.29, 0.717) is 17.6 Å². The second-order valence-corrected chi connectivity index (χ2v) is 16.7. The van der Waals surface area contributed by atoms with Crippen LogP contribution in [0.1, 0.15) is 0 Å². The van der Waals surface area contributed by atoms with E-state index in [1.54, 1.807) is 0 Å². The Morgan fingerprint density at radius 3 is 1.72 bits per heavy atom. The summed E-state index contributed by atoms with van der Waals surface area (Å²) in [4.78, 5) is 18.0. The summed E-state index contributed by atoms with van der Waals surface area (Å²) >= 11 is 1.87. The van der Waals surface area contributed by atoms with Crippen LogP contribution in [-0.2, 0) is 0 Å². The van der Waals surface area contributed by atoms with E-state index >= 15 is 0 Å². The third-order valence-electron chi connectivity index (χ3n) is 12.2. The lowest BCUT2D eigenvalue weighted by Crippen LogP contribution is -2.06. The van der Waals surface area contributed by atoms with Crippen molar-refractivity contribution in [3.05, 3.63) is 200 Å². The van der Waals surface area contributed by atoms with Gasteiger partial charge in [0.15, 0.2) is 11.6 Å². The molecule has 0 saturated heterocycles. The van der Waals surface area contributed by atoms with Gasteiger partial charge in [-0.2, -0.15) is 9.97 Å². The highest BCUT2D eigenvalue weighted by atomic mass is 32.2. The predicted molar refractivity (Wildman–Crippen MR) is 252 cm³/mol. The first-order chi connectivity index (χ1) is 30.2. The van der Waals surface area contributed by atoms with Crippen molar-refractivity contribution in [2.75, 3.05) is 0 Å². The van der Waals surface area contributed by atoms with E-state index in [1.165, 1.54) is 53.5 Å². The van der Waals surface area contributed by atoms with Gasteiger partial charge in [0.2, 0.25) is 5.95 Å². The maximum absolute atomic E-state index is 5.19. The zero-order chi connectivity index (χ0) is 40.0. The number of nitrogens with zero attached hydrogens (tertiary/aromatic N) is 5. The Balaban J connectivity index is 1.07. The number of fused-ring (bicyclic) bond motifs is 9. The van der Waals surface area contributed by atoms with Gasteiger partial charge in [-0.15, -0.1) is 0 Å². The number of hydrogen-bond acceptors (Lipinski definition) is 4. The van der Waals surface area contributed by atoms with Crippen molar-refractivity contribution in [3.63, 3.8) is 0 Å². The van der Waals surface area contributed by atoms with Crippen LogP contribution in [0.3, 0.4) is 0 Å². The summed E-state index contributed by atoms with van der Waals surface area (Å²) in [5, 5.41) is 7.38. The van der Waals surface area contributed by atoms with Crippen molar-refractivity contribution < 1.29 is 0 Å². The molecule has 1 aliphatic rings. The number of hydrogen-bond donors (Lipinski definition) is 0. The minimum absolute atomic E-state index is 0.580. The molecule has 4 heterocycles. The van der Waals surface area contributed by atoms with Crippen LogP contribution >= 0.6 is 11.8 Å². The highest BCUT2D eigenvalue weighted by Crippen LogP contribution is 2.51. The molecule has 61 heavy (non-hydrogen) atoms. The molecular formula is C55H33N5S. The van der Waals surface area contributed by atoms with Gasteiger partial charge in [-0.1, -0.05) is 157 Å². The van der Waals surface area contributed by atoms with E-state index in [2.05, 4.69) is 173 Å². The fourth-order valence-corrected chi connectivity index (χ4v) is 10.6. The fourth-order valence-electron chi connectivity index (χ4n) is 9.45. The van der Waals surface area contributed by atoms with E-state index in [1.807, 2.05) is 48.2 Å². The van der Waals surface area contributed by atoms with Crippen molar-refractivity contribution in [2.24, 2.45) is 0 Å². The molecule has 0 N–H and O–H groups in total. The summed E-state index contributed by atoms with van der Waals surface area (Å²) in [6, 6.07) is 71.5. The standard InChI is InChI=1S/C55H33N5S/c1-4-15-34(16-5-1)53-56-54(35-17-6-2-7-18-35)58-55(57-53)60-45-24-12-10-21-39(45)40-29-27-37(32-47(40)60)36-28-30-46-44(31-36)51-42-23-14-26-50-52(42)43(41-22-11-13-25-49(41)61-50)33-48(51)59(46)38-19-8-3-9-20-38/h1-33H. The SMILES string of the molecule is c1ccc(-c2nc(-c3ccccc3)nc(-n3c4ccccc4c4ccc(-c5ccc6c(c5)c5c7cccc8c7c(cc5n6-c5ccccc5)-c5ccccc5S8)cc43)n2)cc1. The average molecular weight is 796 g/mol. The van der Waals surface area contributed by atoms with Gasteiger partial charge in [0.25, 0.3) is 0 Å². The van der Waals surface area contributed by atoms with Crippen LogP contribution in [0.15, 0.2) is 210 Å². The average Bonchev–Trinajstić information content (AvgIpc) is 3.84. The topological polar surface area (TPSA) is 48.5 Å². The van der Waals surface area contributed by atoms with Gasteiger partial charge in [0, 0.05) is 53.5 Å². The summed E-state index contributed by atoms with van der Waals surface area (Å²) in [6.07, 6.45) is 0. The van der Waals surface area contributed by atoms with Crippen molar-refractivity contribution in [1.29, 1.82) is 0 Å². The molecule has 0 fully saturated rings. The van der Waals surface area contributed by atoms with Crippen LogP contribution in [0, 0.1) is 0 Å². The van der Waals surface area contributed by atoms with E-state index in [9.17, 15) is 0 Å². The van der Waals surface area contributed by atoms with Crippen molar-refractivity contribution in [2.45, 2.75) is 9.79 Å². The maximum atomic E-state index is 5.19. The maximum Gasteiger partial charge on any atom is 0.238 e. The Hall–Kier alpha value is -7.80. The molecule has 3 aromatic heterocycles. The summed E-state index contributed by atoms with van der Waals surface area (Å²) in [6.45, 7) is 0. The molecule has 0 radical (unpaired) electrons. The summed E-state index contributed by atoms with van der Waals surface area (Å²) in [5.41, 5.74) is 12.3. The molecule has 6 heteroatoms. The Bertz CT molecular complexity index is 3660. The lowest BCUT2D eigenvalue weighted by atomic mass is 9.93. The van der Waals surface area contributed by atoms with Gasteiger partial charge in [-0.3, -0.25) is 4.57 Å². The van der Waals surface area contributed by atoms with E-state index in [4.69, 9.17) is 15.0 Å². The molecule has 284 valence electrons. The summed E-state index contributed by atoms with van der Waals surface area (Å²) in [5.74, 6) is 1.84. The van der Waals surface area contributed by atoms with Gasteiger partial charge in [-0.05, 0) is 82.2 Å². The first-order valence-corrected chi connectivity index (χ1v) is 21.3. The first-order valence-electron chi connectivity index (χ1n) is 20.5. The van der Waals surface area contributed by atoms with Crippen molar-refractivity contribution >= 4 is 66.1 Å². The zero-order valence-corrected chi connectivity index (χ0v) is 33.5. The molecule has 0 atom stereocenters. The van der Waals surface area contributed by atoms with Crippen LogP contribution in [0.5, 0.6) is 0 Å². The highest BCUT2D eigenvalue weighted by Gasteiger charge is 2.25. The van der Waals surface area contributed by atoms with E-state index < -0.39 is 0 Å². The highest BCUT2D eigenvalue weighted by molar-refractivity contribution is 7.99. The smallest absolute Gasteiger partial charge is 0.238 e. The van der Waals surface area contributed by atoms with Gasteiger partial charge >= 0.3 is 0 Å². The Kier molecular flexibility index (Phi) is 7.47. The third-order valence-corrected chi connectivity index (χ3v) is 13.3. The molecule has 9 aromatic carbocycles. The van der Waals surface area contributed by atoms with Crippen LogP contribution in [0.25, 0.3) is 111 Å². The van der Waals surface area contributed by atoms with Crippen LogP contribution in [0.2, 0.25) is 0 Å². The second-order valence-electron chi connectivity index (χ2n) is 15.6. The molecule has 12 aromatic rings. The Morgan fingerprint density at radius 1 is 0.328 bits per heavy atom. The van der Waals surface area contributed by atoms with Crippen LogP contribution in [0.4, 0.5) is 0 Å². The lowest BCUT2D eigenvalue weighted by molar-refractivity contribution is 0.953. The second kappa shape index (κ2) is 13.4. The number of para-hydroxylation sites is 2. The molecule has 0 unspecified atom stereocenters. The van der Waals surface area contributed by atoms with E-state index in [0.717, 1.165) is 49.7 Å². The molecule has 5 nitrogen and oxygen atoms in total. The van der Waals surface area contributed by atoms with E-state index in [-0.39, 0.29) is 0 Å². The van der Waals surface area contributed by atoms with Crippen molar-refractivity contribution in [3.8, 4) is 56.7 Å². The molecule has 0 saturated carbocycles. The molecule has 0 amide bonds. The van der Waals surface area contributed by atoms with Gasteiger partial charge in [0.05, 0.1) is 22.1 Å². The quantitative estimate of drug-likeness (QED) is 0.174. The Morgan fingerprint density at radius 2 is 0.934 bits per heavy atom. The lowest BCUT2D eigenvalue weighted by Gasteiger charge is -2.21. The predicted octanol–water partition coefficient (Wildman–Crippen LogP) is 14.4. The minimum atomic E-state index is 0.580. The molecule has 0 bridgehead atoms.